The van der Waals surface area contributed by atoms with Crippen LogP contribution in [0.1, 0.15) is 78.1 Å². The number of anilines is 1. The van der Waals surface area contributed by atoms with Crippen molar-refractivity contribution in [2.75, 3.05) is 11.9 Å². The molecule has 40 heavy (non-hydrogen) atoms. The van der Waals surface area contributed by atoms with E-state index in [0.29, 0.717) is 0 Å². The quantitative estimate of drug-likeness (QED) is 0.0848. The van der Waals surface area contributed by atoms with E-state index < -0.39 is 0 Å². The Labute approximate surface area is 239 Å². The molecule has 1 unspecified atom stereocenters. The van der Waals surface area contributed by atoms with Crippen LogP contribution in [-0.4, -0.2) is 18.5 Å². The third-order valence-corrected chi connectivity index (χ3v) is 8.30. The lowest BCUT2D eigenvalue weighted by Gasteiger charge is -2.17. The van der Waals surface area contributed by atoms with E-state index in [1.165, 1.54) is 95.5 Å². The van der Waals surface area contributed by atoms with Gasteiger partial charge in [-0.2, -0.15) is 0 Å². The highest BCUT2D eigenvalue weighted by Gasteiger charge is 2.14. The first kappa shape index (κ1) is 28.0. The molecule has 0 bridgehead atoms. The highest BCUT2D eigenvalue weighted by atomic mass is 16.2. The number of carbonyl (C=O) groups excluding carboxylic acids is 1. The fraction of sp³-hybridized carbons (Fsp3) is 0.378. The second kappa shape index (κ2) is 13.7. The smallest absolute Gasteiger partial charge is 0.242 e. The monoisotopic (exact) mass is 532 g/mol. The number of amides is 1. The fourth-order valence-corrected chi connectivity index (χ4v) is 5.92. The van der Waals surface area contributed by atoms with Crippen molar-refractivity contribution in [1.82, 2.24) is 5.32 Å². The molecule has 2 N–H and O–H groups in total. The van der Waals surface area contributed by atoms with Gasteiger partial charge < -0.3 is 10.6 Å². The summed E-state index contributed by atoms with van der Waals surface area (Å²) >= 11 is 0. The van der Waals surface area contributed by atoms with Gasteiger partial charge in [0, 0.05) is 17.6 Å². The molecular weight excluding hydrogens is 488 g/mol. The maximum Gasteiger partial charge on any atom is 0.242 e. The summed E-state index contributed by atoms with van der Waals surface area (Å²) in [5.41, 5.74) is 0.999. The van der Waals surface area contributed by atoms with Crippen LogP contribution in [0.5, 0.6) is 0 Å². The Hall–Kier alpha value is -3.59. The first-order valence-electron chi connectivity index (χ1n) is 15.5. The molecule has 0 radical (unpaired) electrons. The molecular formula is C37H44N2O. The zero-order valence-electron chi connectivity index (χ0n) is 24.3. The Morgan fingerprint density at radius 3 is 1.85 bits per heavy atom. The van der Waals surface area contributed by atoms with E-state index >= 15 is 0 Å². The number of unbranched alkanes of at least 4 members (excludes halogenated alkanes) is 9. The third-order valence-electron chi connectivity index (χ3n) is 8.30. The summed E-state index contributed by atoms with van der Waals surface area (Å²) in [6, 6.07) is 28.1. The number of benzene rings is 5. The van der Waals surface area contributed by atoms with Crippen LogP contribution in [0, 0.1) is 0 Å². The summed E-state index contributed by atoms with van der Waals surface area (Å²) < 4.78 is 0. The maximum atomic E-state index is 12.9. The van der Waals surface area contributed by atoms with Gasteiger partial charge in [0.25, 0.3) is 0 Å². The van der Waals surface area contributed by atoms with Gasteiger partial charge in [0.2, 0.25) is 5.91 Å². The Morgan fingerprint density at radius 2 is 1.15 bits per heavy atom. The maximum absolute atomic E-state index is 12.9. The van der Waals surface area contributed by atoms with Gasteiger partial charge in [0.15, 0.2) is 0 Å². The second-order valence-electron chi connectivity index (χ2n) is 11.4. The van der Waals surface area contributed by atoms with Crippen molar-refractivity contribution in [3.05, 3.63) is 78.9 Å². The van der Waals surface area contributed by atoms with Crippen LogP contribution in [0.4, 0.5) is 5.69 Å². The van der Waals surface area contributed by atoms with Crippen molar-refractivity contribution in [3.63, 3.8) is 0 Å². The van der Waals surface area contributed by atoms with E-state index in [1.807, 2.05) is 6.92 Å². The van der Waals surface area contributed by atoms with Crippen LogP contribution < -0.4 is 10.6 Å². The standard InChI is InChI=1S/C37H44N2O/c1-3-4-5-6-7-8-9-10-11-14-22-38-37(40)27(2)39-36-19-15-18-30-24-32-21-20-31-23-28-16-12-13-17-29(28)25-33(31)34(32)26-35(30)36/h12-13,15-21,23-27,39H,3-11,14,22H2,1-2H3,(H,38,40). The molecule has 0 aliphatic rings. The second-order valence-corrected chi connectivity index (χ2v) is 11.4. The van der Waals surface area contributed by atoms with E-state index in [4.69, 9.17) is 0 Å². The molecule has 5 rings (SSSR count). The van der Waals surface area contributed by atoms with Crippen molar-refractivity contribution < 1.29 is 4.79 Å². The molecule has 0 spiro atoms. The number of nitrogens with one attached hydrogen (secondary N) is 2. The molecule has 1 amide bonds. The highest BCUT2D eigenvalue weighted by Crippen LogP contribution is 2.34. The van der Waals surface area contributed by atoms with Gasteiger partial charge in [-0.05, 0) is 81.4 Å². The van der Waals surface area contributed by atoms with Gasteiger partial charge in [0.05, 0.1) is 0 Å². The molecule has 0 saturated carbocycles. The summed E-state index contributed by atoms with van der Waals surface area (Å²) in [4.78, 5) is 12.9. The van der Waals surface area contributed by atoms with E-state index in [9.17, 15) is 4.79 Å². The van der Waals surface area contributed by atoms with E-state index in [2.05, 4.69) is 96.4 Å². The van der Waals surface area contributed by atoms with Gasteiger partial charge >= 0.3 is 0 Å². The largest absolute Gasteiger partial charge is 0.373 e. The van der Waals surface area contributed by atoms with Crippen LogP contribution in [0.2, 0.25) is 0 Å². The van der Waals surface area contributed by atoms with Crippen LogP contribution in [0.3, 0.4) is 0 Å². The molecule has 3 nitrogen and oxygen atoms in total. The van der Waals surface area contributed by atoms with Crippen molar-refractivity contribution in [2.24, 2.45) is 0 Å². The predicted octanol–water partition coefficient (Wildman–Crippen LogP) is 10.1. The molecule has 0 aromatic heterocycles. The van der Waals surface area contributed by atoms with E-state index in [-0.39, 0.29) is 11.9 Å². The summed E-state index contributed by atoms with van der Waals surface area (Å²) in [5, 5.41) is 16.5. The summed E-state index contributed by atoms with van der Waals surface area (Å²) in [5.74, 6) is 0.0608. The first-order valence-corrected chi connectivity index (χ1v) is 15.5. The van der Waals surface area contributed by atoms with Gasteiger partial charge in [-0.15, -0.1) is 0 Å². The topological polar surface area (TPSA) is 41.1 Å². The zero-order chi connectivity index (χ0) is 27.7. The minimum Gasteiger partial charge on any atom is -0.373 e. The fourth-order valence-electron chi connectivity index (χ4n) is 5.92. The van der Waals surface area contributed by atoms with Crippen molar-refractivity contribution >= 4 is 54.7 Å². The molecule has 3 heteroatoms. The Morgan fingerprint density at radius 1 is 0.600 bits per heavy atom. The van der Waals surface area contributed by atoms with Crippen molar-refractivity contribution in [3.8, 4) is 0 Å². The summed E-state index contributed by atoms with van der Waals surface area (Å²) in [6.07, 6.45) is 13.0. The van der Waals surface area contributed by atoms with Crippen LogP contribution >= 0.6 is 0 Å². The number of fused-ring (bicyclic) bond motifs is 5. The normalized spacial score (nSPS) is 12.3. The molecule has 0 saturated heterocycles. The van der Waals surface area contributed by atoms with E-state index in [0.717, 1.165) is 24.0 Å². The molecule has 1 atom stereocenters. The molecule has 5 aromatic carbocycles. The van der Waals surface area contributed by atoms with Crippen molar-refractivity contribution in [1.29, 1.82) is 0 Å². The van der Waals surface area contributed by atoms with Gasteiger partial charge in [0.1, 0.15) is 6.04 Å². The van der Waals surface area contributed by atoms with Crippen LogP contribution in [-0.2, 0) is 4.79 Å². The first-order chi connectivity index (χ1) is 19.6. The van der Waals surface area contributed by atoms with Gasteiger partial charge in [-0.1, -0.05) is 113 Å². The number of rotatable bonds is 14. The SMILES string of the molecule is CCCCCCCCCCCCNC(=O)C(C)Nc1cccc2cc3ccc4cc5ccccc5cc4c3cc12. The van der Waals surface area contributed by atoms with Crippen LogP contribution in [0.15, 0.2) is 78.9 Å². The van der Waals surface area contributed by atoms with Crippen LogP contribution in [0.25, 0.3) is 43.1 Å². The number of hydrogen-bond acceptors (Lipinski definition) is 2. The molecule has 208 valence electrons. The molecule has 0 fully saturated rings. The number of carbonyl (C=O) groups is 1. The molecule has 5 aromatic rings. The van der Waals surface area contributed by atoms with Crippen molar-refractivity contribution in [2.45, 2.75) is 84.1 Å². The average Bonchev–Trinajstić information content (AvgIpc) is 2.98. The predicted molar refractivity (Wildman–Crippen MR) is 174 cm³/mol. The number of hydrogen-bond donors (Lipinski definition) is 2. The van der Waals surface area contributed by atoms with Gasteiger partial charge in [-0.25, -0.2) is 0 Å². The minimum atomic E-state index is -0.305. The third kappa shape index (κ3) is 6.75. The zero-order valence-corrected chi connectivity index (χ0v) is 24.3. The highest BCUT2D eigenvalue weighted by molar-refractivity contribution is 6.16. The lowest BCUT2D eigenvalue weighted by molar-refractivity contribution is -0.121. The average molecular weight is 533 g/mol. The minimum absolute atomic E-state index is 0.0608. The summed E-state index contributed by atoms with van der Waals surface area (Å²) in [7, 11) is 0. The lowest BCUT2D eigenvalue weighted by Crippen LogP contribution is -2.38. The molecule has 0 aliphatic carbocycles. The molecule has 0 heterocycles. The van der Waals surface area contributed by atoms with E-state index in [1.54, 1.807) is 0 Å². The Bertz CT molecular complexity index is 1590. The summed E-state index contributed by atoms with van der Waals surface area (Å²) in [6.45, 7) is 4.97. The van der Waals surface area contributed by atoms with Gasteiger partial charge in [-0.3, -0.25) is 4.79 Å². The Balaban J connectivity index is 1.21. The molecule has 0 aliphatic heterocycles. The Kier molecular flexibility index (Phi) is 9.54. The lowest BCUT2D eigenvalue weighted by atomic mass is 9.95.